The highest BCUT2D eigenvalue weighted by molar-refractivity contribution is 6.05. The number of likely N-dealkylation sites (N-methyl/N-ethyl adjacent to an activating group) is 1. The third-order valence-corrected chi connectivity index (χ3v) is 7.41. The van der Waals surface area contributed by atoms with Gasteiger partial charge in [0.25, 0.3) is 5.91 Å². The van der Waals surface area contributed by atoms with Crippen molar-refractivity contribution in [1.82, 2.24) is 34.1 Å². The van der Waals surface area contributed by atoms with Crippen LogP contribution in [0.1, 0.15) is 29.9 Å². The lowest BCUT2D eigenvalue weighted by Crippen LogP contribution is -2.48. The Hall–Kier alpha value is -3.87. The molecule has 2 N–H and O–H groups in total. The first-order chi connectivity index (χ1) is 19.9. The van der Waals surface area contributed by atoms with E-state index in [2.05, 4.69) is 55.2 Å². The number of aromatic nitrogens is 5. The van der Waals surface area contributed by atoms with Crippen LogP contribution in [0.15, 0.2) is 36.7 Å². The number of carbonyl (C=O) groups excluding carboxylic acids is 1. The summed E-state index contributed by atoms with van der Waals surface area (Å²) in [4.78, 5) is 29.5. The van der Waals surface area contributed by atoms with Gasteiger partial charge in [-0.2, -0.15) is 5.10 Å². The molecule has 1 amide bonds. The summed E-state index contributed by atoms with van der Waals surface area (Å²) < 4.78 is 19.0. The number of benzene rings is 1. The van der Waals surface area contributed by atoms with Gasteiger partial charge in [-0.1, -0.05) is 0 Å². The molecule has 4 aromatic rings. The van der Waals surface area contributed by atoms with E-state index in [1.54, 1.807) is 43.3 Å². The highest BCUT2D eigenvalue weighted by atomic mass is 19.1. The Morgan fingerprint density at radius 3 is 2.52 bits per heavy atom. The van der Waals surface area contributed by atoms with Crippen LogP contribution in [-0.4, -0.2) is 104 Å². The molecule has 1 aliphatic heterocycles. The number of rotatable bonds is 9. The van der Waals surface area contributed by atoms with E-state index in [1.165, 1.54) is 12.3 Å². The van der Waals surface area contributed by atoms with E-state index in [-0.39, 0.29) is 23.8 Å². The largest absolute Gasteiger partial charge is 0.389 e. The summed E-state index contributed by atoms with van der Waals surface area (Å²) in [7, 11) is 5.91. The molecule has 0 saturated carbocycles. The van der Waals surface area contributed by atoms with E-state index in [0.717, 1.165) is 50.5 Å². The summed E-state index contributed by atoms with van der Waals surface area (Å²) in [5.74, 6) is -1.15. The monoisotopic (exact) mass is 577 g/mol. The minimum atomic E-state index is -1.09. The van der Waals surface area contributed by atoms with Crippen LogP contribution in [0.3, 0.4) is 0 Å². The zero-order valence-corrected chi connectivity index (χ0v) is 25.2. The van der Waals surface area contributed by atoms with Crippen LogP contribution in [0.5, 0.6) is 0 Å². The fraction of sp³-hybridized carbons (Fsp3) is 0.467. The second-order valence-corrected chi connectivity index (χ2v) is 12.0. The molecule has 0 unspecified atom stereocenters. The summed E-state index contributed by atoms with van der Waals surface area (Å²) in [6, 6.07) is 7.44. The second kappa shape index (κ2) is 11.8. The standard InChI is InChI=1S/C30H40FN9O2/c1-20-15-23(26(31)27(33-20)21-17-32-37(6)18-21)28(41)35-29-34-24-8-7-22(16-25(24)40(29)19-30(2,3)42)39-13-11-38(12-14-39)10-9-36(4)5/h7-8,15-18,42H,9-14,19H2,1-6H3,(H,34,35,41). The fourth-order valence-electron chi connectivity index (χ4n) is 5.25. The van der Waals surface area contributed by atoms with Crippen molar-refractivity contribution in [2.24, 2.45) is 7.05 Å². The number of carbonyl (C=O) groups is 1. The topological polar surface area (TPSA) is 108 Å². The van der Waals surface area contributed by atoms with Gasteiger partial charge in [-0.15, -0.1) is 0 Å². The lowest BCUT2D eigenvalue weighted by molar-refractivity contribution is 0.0630. The first kappa shape index (κ1) is 29.6. The maximum Gasteiger partial charge on any atom is 0.261 e. The Kier molecular flexibility index (Phi) is 8.31. The van der Waals surface area contributed by atoms with Crippen LogP contribution < -0.4 is 10.2 Å². The predicted octanol–water partition coefficient (Wildman–Crippen LogP) is 2.99. The number of pyridine rings is 1. The molecule has 5 rings (SSSR count). The van der Waals surface area contributed by atoms with Crippen LogP contribution in [0.25, 0.3) is 22.3 Å². The summed E-state index contributed by atoms with van der Waals surface area (Å²) >= 11 is 0. The number of hydrogen-bond acceptors (Lipinski definition) is 8. The quantitative estimate of drug-likeness (QED) is 0.313. The van der Waals surface area contributed by atoms with Gasteiger partial charge in [0.2, 0.25) is 5.95 Å². The molecule has 224 valence electrons. The molecular formula is C30H40FN9O2. The molecule has 0 aliphatic carbocycles. The van der Waals surface area contributed by atoms with Gasteiger partial charge >= 0.3 is 0 Å². The zero-order chi connectivity index (χ0) is 30.2. The Labute approximate surface area is 245 Å². The van der Waals surface area contributed by atoms with Gasteiger partial charge in [-0.25, -0.2) is 14.4 Å². The van der Waals surface area contributed by atoms with Crippen molar-refractivity contribution in [3.05, 3.63) is 53.7 Å². The summed E-state index contributed by atoms with van der Waals surface area (Å²) in [5, 5.41) is 17.7. The second-order valence-electron chi connectivity index (χ2n) is 12.0. The molecule has 0 atom stereocenters. The van der Waals surface area contributed by atoms with Gasteiger partial charge in [0.1, 0.15) is 5.69 Å². The molecule has 4 heterocycles. The fourth-order valence-corrected chi connectivity index (χ4v) is 5.25. The highest BCUT2D eigenvalue weighted by Gasteiger charge is 2.25. The summed E-state index contributed by atoms with van der Waals surface area (Å²) in [5.41, 5.74) is 2.31. The number of anilines is 2. The molecule has 1 aliphatic rings. The molecule has 12 heteroatoms. The smallest absolute Gasteiger partial charge is 0.261 e. The van der Waals surface area contributed by atoms with Crippen molar-refractivity contribution in [2.75, 3.05) is 63.6 Å². The van der Waals surface area contributed by atoms with E-state index in [9.17, 15) is 9.90 Å². The van der Waals surface area contributed by atoms with Crippen LogP contribution in [0, 0.1) is 12.7 Å². The molecular weight excluding hydrogens is 537 g/mol. The molecule has 0 bridgehead atoms. The van der Waals surface area contributed by atoms with E-state index in [1.807, 2.05) is 12.1 Å². The molecule has 11 nitrogen and oxygen atoms in total. The number of hydrogen-bond donors (Lipinski definition) is 2. The third kappa shape index (κ3) is 6.61. The van der Waals surface area contributed by atoms with Crippen LogP contribution in [0.2, 0.25) is 0 Å². The Balaban J connectivity index is 1.43. The number of aryl methyl sites for hydroxylation is 2. The predicted molar refractivity (Wildman–Crippen MR) is 162 cm³/mol. The van der Waals surface area contributed by atoms with Gasteiger partial charge in [0.05, 0.1) is 34.9 Å². The average Bonchev–Trinajstić information content (AvgIpc) is 3.50. The van der Waals surface area contributed by atoms with Crippen molar-refractivity contribution >= 4 is 28.6 Å². The summed E-state index contributed by atoms with van der Waals surface area (Å²) in [6.45, 7) is 11.1. The number of piperazine rings is 1. The molecule has 3 aromatic heterocycles. The zero-order valence-electron chi connectivity index (χ0n) is 25.2. The maximum absolute atomic E-state index is 15.6. The average molecular weight is 578 g/mol. The minimum Gasteiger partial charge on any atom is -0.389 e. The summed E-state index contributed by atoms with van der Waals surface area (Å²) in [6.07, 6.45) is 3.16. The number of amides is 1. The number of nitrogens with zero attached hydrogens (tertiary/aromatic N) is 8. The highest BCUT2D eigenvalue weighted by Crippen LogP contribution is 2.29. The van der Waals surface area contributed by atoms with Crippen molar-refractivity contribution in [2.45, 2.75) is 32.9 Å². The van der Waals surface area contributed by atoms with E-state index in [4.69, 9.17) is 0 Å². The maximum atomic E-state index is 15.6. The minimum absolute atomic E-state index is 0.0599. The Bertz CT molecular complexity index is 1580. The normalized spacial score (nSPS) is 14.7. The third-order valence-electron chi connectivity index (χ3n) is 7.41. The molecule has 1 aromatic carbocycles. The van der Waals surface area contributed by atoms with E-state index in [0.29, 0.717) is 16.8 Å². The van der Waals surface area contributed by atoms with Crippen molar-refractivity contribution in [3.63, 3.8) is 0 Å². The first-order valence-electron chi connectivity index (χ1n) is 14.2. The van der Waals surface area contributed by atoms with Crippen LogP contribution in [-0.2, 0) is 13.6 Å². The Morgan fingerprint density at radius 2 is 1.88 bits per heavy atom. The number of aliphatic hydroxyl groups is 1. The number of nitrogens with one attached hydrogen (secondary N) is 1. The first-order valence-corrected chi connectivity index (χ1v) is 14.2. The van der Waals surface area contributed by atoms with Gasteiger partial charge in [0.15, 0.2) is 5.82 Å². The van der Waals surface area contributed by atoms with Crippen LogP contribution in [0.4, 0.5) is 16.0 Å². The van der Waals surface area contributed by atoms with Gasteiger partial charge in [-0.3, -0.25) is 19.7 Å². The van der Waals surface area contributed by atoms with Gasteiger partial charge in [0, 0.05) is 69.5 Å². The molecule has 0 spiro atoms. The SMILES string of the molecule is Cc1cc(C(=O)Nc2nc3ccc(N4CCN(CCN(C)C)CC4)cc3n2CC(C)(C)O)c(F)c(-c2cnn(C)c2)n1. The lowest BCUT2D eigenvalue weighted by atomic mass is 10.1. The number of imidazole rings is 1. The van der Waals surface area contributed by atoms with Gasteiger partial charge in [-0.05, 0) is 59.1 Å². The van der Waals surface area contributed by atoms with Crippen molar-refractivity contribution < 1.29 is 14.3 Å². The Morgan fingerprint density at radius 1 is 1.14 bits per heavy atom. The molecule has 1 saturated heterocycles. The molecule has 0 radical (unpaired) electrons. The van der Waals surface area contributed by atoms with E-state index >= 15 is 4.39 Å². The molecule has 1 fully saturated rings. The molecule has 42 heavy (non-hydrogen) atoms. The van der Waals surface area contributed by atoms with Crippen molar-refractivity contribution in [1.29, 1.82) is 0 Å². The number of fused-ring (bicyclic) bond motifs is 1. The lowest BCUT2D eigenvalue weighted by Gasteiger charge is -2.36. The van der Waals surface area contributed by atoms with Crippen molar-refractivity contribution in [3.8, 4) is 11.3 Å². The van der Waals surface area contributed by atoms with Gasteiger partial charge < -0.3 is 19.5 Å². The number of halogens is 1. The van der Waals surface area contributed by atoms with Crippen LogP contribution >= 0.6 is 0 Å². The van der Waals surface area contributed by atoms with E-state index < -0.39 is 17.3 Å².